The van der Waals surface area contributed by atoms with Crippen LogP contribution in [0.5, 0.6) is 0 Å². The number of hydrogen-bond donors (Lipinski definition) is 1. The molecule has 0 saturated carbocycles. The summed E-state index contributed by atoms with van der Waals surface area (Å²) in [5.41, 5.74) is 7.07. The summed E-state index contributed by atoms with van der Waals surface area (Å²) in [4.78, 5) is 0. The van der Waals surface area contributed by atoms with E-state index in [2.05, 4.69) is 81.5 Å². The highest BCUT2D eigenvalue weighted by molar-refractivity contribution is 5.82. The first kappa shape index (κ1) is 15.3. The van der Waals surface area contributed by atoms with Gasteiger partial charge in [-0.15, -0.1) is 10.2 Å². The van der Waals surface area contributed by atoms with Crippen LogP contribution in [0.2, 0.25) is 0 Å². The number of nitrogens with zero attached hydrogens (tertiary/aromatic N) is 4. The highest BCUT2D eigenvalue weighted by Gasteiger charge is 2.14. The van der Waals surface area contributed by atoms with E-state index in [1.807, 2.05) is 18.2 Å². The van der Waals surface area contributed by atoms with Crippen LogP contribution >= 0.6 is 0 Å². The number of benzene rings is 2. The van der Waals surface area contributed by atoms with E-state index < -0.39 is 0 Å². The zero-order chi connectivity index (χ0) is 17.2. The normalized spacial score (nSPS) is 11.0. The second-order valence-corrected chi connectivity index (χ2v) is 6.14. The molecule has 4 aromatic rings. The van der Waals surface area contributed by atoms with Gasteiger partial charge in [0.05, 0.1) is 0 Å². The molecule has 2 heterocycles. The van der Waals surface area contributed by atoms with Gasteiger partial charge < -0.3 is 4.57 Å². The molecule has 0 aliphatic heterocycles. The first-order valence-corrected chi connectivity index (χ1v) is 8.28. The van der Waals surface area contributed by atoms with Crippen LogP contribution in [0.25, 0.3) is 22.5 Å². The van der Waals surface area contributed by atoms with E-state index in [-0.39, 0.29) is 0 Å². The molecule has 25 heavy (non-hydrogen) atoms. The average Bonchev–Trinajstić information content (AvgIpc) is 3.28. The molecule has 0 aliphatic carbocycles. The largest absolute Gasteiger partial charge is 0.345 e. The molecule has 0 spiro atoms. The Morgan fingerprint density at radius 3 is 2.12 bits per heavy atom. The summed E-state index contributed by atoms with van der Waals surface area (Å²) in [6, 6.07) is 21.0. The Hall–Kier alpha value is -3.21. The SMILES string of the molecule is Cc1ccc(C)n1Cc1ccccc1-c1ccccc1-c1nn[nH]n1. The predicted octanol–water partition coefficient (Wildman–Crippen LogP) is 4.00. The van der Waals surface area contributed by atoms with Crippen molar-refractivity contribution in [3.8, 4) is 22.5 Å². The maximum Gasteiger partial charge on any atom is 0.205 e. The second-order valence-electron chi connectivity index (χ2n) is 6.14. The van der Waals surface area contributed by atoms with Gasteiger partial charge in [-0.3, -0.25) is 0 Å². The number of H-pyrrole nitrogens is 1. The van der Waals surface area contributed by atoms with Crippen molar-refractivity contribution in [2.24, 2.45) is 0 Å². The third-order valence-electron chi connectivity index (χ3n) is 4.57. The van der Waals surface area contributed by atoms with E-state index in [1.165, 1.54) is 22.5 Å². The Balaban J connectivity index is 1.83. The first-order chi connectivity index (χ1) is 12.2. The molecule has 0 saturated heterocycles. The third kappa shape index (κ3) is 2.85. The summed E-state index contributed by atoms with van der Waals surface area (Å²) >= 11 is 0. The van der Waals surface area contributed by atoms with Crippen molar-refractivity contribution >= 4 is 0 Å². The van der Waals surface area contributed by atoms with Gasteiger partial charge in [0.2, 0.25) is 5.82 Å². The Bertz CT molecular complexity index is 979. The van der Waals surface area contributed by atoms with E-state index in [9.17, 15) is 0 Å². The van der Waals surface area contributed by atoms with E-state index in [0.29, 0.717) is 5.82 Å². The van der Waals surface area contributed by atoms with Crippen molar-refractivity contribution in [2.75, 3.05) is 0 Å². The lowest BCUT2D eigenvalue weighted by Gasteiger charge is -2.15. The van der Waals surface area contributed by atoms with Crippen LogP contribution in [0.15, 0.2) is 60.7 Å². The van der Waals surface area contributed by atoms with Gasteiger partial charge >= 0.3 is 0 Å². The molecule has 0 amide bonds. The summed E-state index contributed by atoms with van der Waals surface area (Å²) in [6.07, 6.45) is 0. The lowest BCUT2D eigenvalue weighted by molar-refractivity contribution is 0.751. The minimum Gasteiger partial charge on any atom is -0.345 e. The van der Waals surface area contributed by atoms with Gasteiger partial charge in [0.15, 0.2) is 0 Å². The molecule has 4 rings (SSSR count). The molecule has 2 aromatic heterocycles. The van der Waals surface area contributed by atoms with Crippen LogP contribution in [-0.2, 0) is 6.54 Å². The molecular formula is C20H19N5. The molecule has 0 fully saturated rings. The Kier molecular flexibility index (Phi) is 3.90. The monoisotopic (exact) mass is 329 g/mol. The molecule has 1 N–H and O–H groups in total. The number of aromatic nitrogens is 5. The molecule has 124 valence electrons. The lowest BCUT2D eigenvalue weighted by atomic mass is 9.95. The van der Waals surface area contributed by atoms with E-state index >= 15 is 0 Å². The highest BCUT2D eigenvalue weighted by Crippen LogP contribution is 2.32. The van der Waals surface area contributed by atoms with E-state index in [1.54, 1.807) is 0 Å². The van der Waals surface area contributed by atoms with Crippen molar-refractivity contribution in [2.45, 2.75) is 20.4 Å². The maximum absolute atomic E-state index is 4.15. The number of hydrogen-bond acceptors (Lipinski definition) is 3. The topological polar surface area (TPSA) is 59.4 Å². The number of rotatable bonds is 4. The molecule has 0 unspecified atom stereocenters. The number of nitrogens with one attached hydrogen (secondary N) is 1. The smallest absolute Gasteiger partial charge is 0.205 e. The molecular weight excluding hydrogens is 310 g/mol. The average molecular weight is 329 g/mol. The molecule has 5 heteroatoms. The van der Waals surface area contributed by atoms with Gasteiger partial charge in [0, 0.05) is 23.5 Å². The van der Waals surface area contributed by atoms with Crippen molar-refractivity contribution in [1.29, 1.82) is 0 Å². The molecule has 0 atom stereocenters. The standard InChI is InChI=1S/C20H19N5/c1-14-11-12-15(2)25(14)13-16-7-3-4-8-17(16)18-9-5-6-10-19(18)20-21-23-24-22-20/h3-12H,13H2,1-2H3,(H,21,22,23,24). The zero-order valence-corrected chi connectivity index (χ0v) is 14.3. The number of aromatic amines is 1. The van der Waals surface area contributed by atoms with Crippen molar-refractivity contribution in [1.82, 2.24) is 25.2 Å². The fourth-order valence-electron chi connectivity index (χ4n) is 3.23. The van der Waals surface area contributed by atoms with Gasteiger partial charge in [-0.1, -0.05) is 48.5 Å². The quantitative estimate of drug-likeness (QED) is 0.615. The molecule has 0 aliphatic rings. The summed E-state index contributed by atoms with van der Waals surface area (Å²) in [5.74, 6) is 0.610. The van der Waals surface area contributed by atoms with Crippen molar-refractivity contribution < 1.29 is 0 Å². The summed E-state index contributed by atoms with van der Waals surface area (Å²) in [5, 5.41) is 14.5. The number of aryl methyl sites for hydroxylation is 2. The lowest BCUT2D eigenvalue weighted by Crippen LogP contribution is -2.05. The summed E-state index contributed by atoms with van der Waals surface area (Å²) in [6.45, 7) is 5.12. The van der Waals surface area contributed by atoms with E-state index in [0.717, 1.165) is 17.7 Å². The highest BCUT2D eigenvalue weighted by atomic mass is 15.5. The van der Waals surface area contributed by atoms with Gasteiger partial charge in [-0.05, 0) is 47.9 Å². The Labute approximate surface area is 146 Å². The van der Waals surface area contributed by atoms with Crippen molar-refractivity contribution in [3.05, 3.63) is 77.6 Å². The van der Waals surface area contributed by atoms with Gasteiger partial charge in [-0.25, -0.2) is 0 Å². The van der Waals surface area contributed by atoms with Crippen LogP contribution in [0, 0.1) is 13.8 Å². The van der Waals surface area contributed by atoms with E-state index in [4.69, 9.17) is 0 Å². The van der Waals surface area contributed by atoms with Crippen LogP contribution in [0.4, 0.5) is 0 Å². The van der Waals surface area contributed by atoms with Crippen LogP contribution in [0.3, 0.4) is 0 Å². The fourth-order valence-corrected chi connectivity index (χ4v) is 3.23. The molecule has 5 nitrogen and oxygen atoms in total. The third-order valence-corrected chi connectivity index (χ3v) is 4.57. The second kappa shape index (κ2) is 6.36. The maximum atomic E-state index is 4.15. The van der Waals surface area contributed by atoms with Gasteiger partial charge in [0.1, 0.15) is 0 Å². The number of tetrazole rings is 1. The summed E-state index contributed by atoms with van der Waals surface area (Å²) < 4.78 is 2.33. The van der Waals surface area contributed by atoms with Crippen LogP contribution in [0.1, 0.15) is 17.0 Å². The zero-order valence-electron chi connectivity index (χ0n) is 14.3. The Morgan fingerprint density at radius 2 is 1.44 bits per heavy atom. The molecule has 2 aromatic carbocycles. The van der Waals surface area contributed by atoms with Gasteiger partial charge in [0.25, 0.3) is 0 Å². The predicted molar refractivity (Wildman–Crippen MR) is 98.1 cm³/mol. The first-order valence-electron chi connectivity index (χ1n) is 8.28. The van der Waals surface area contributed by atoms with Crippen LogP contribution in [-0.4, -0.2) is 25.2 Å². The fraction of sp³-hybridized carbons (Fsp3) is 0.150. The summed E-state index contributed by atoms with van der Waals surface area (Å²) in [7, 11) is 0. The Morgan fingerprint density at radius 1 is 0.800 bits per heavy atom. The molecule has 0 radical (unpaired) electrons. The molecule has 0 bridgehead atoms. The minimum absolute atomic E-state index is 0.610. The van der Waals surface area contributed by atoms with Crippen molar-refractivity contribution in [3.63, 3.8) is 0 Å². The minimum atomic E-state index is 0.610. The van der Waals surface area contributed by atoms with Gasteiger partial charge in [-0.2, -0.15) is 5.21 Å². The van der Waals surface area contributed by atoms with Crippen LogP contribution < -0.4 is 0 Å².